The molecule has 2 heterocycles. The molecule has 170 valence electrons. The summed E-state index contributed by atoms with van der Waals surface area (Å²) in [6, 6.07) is 12.0. The highest BCUT2D eigenvalue weighted by molar-refractivity contribution is 14.0. The van der Waals surface area contributed by atoms with E-state index in [1.54, 1.807) is 13.2 Å². The van der Waals surface area contributed by atoms with Gasteiger partial charge in [-0.3, -0.25) is 4.99 Å². The lowest BCUT2D eigenvalue weighted by molar-refractivity contribution is 0.370. The third kappa shape index (κ3) is 5.96. The van der Waals surface area contributed by atoms with Crippen LogP contribution in [0.15, 0.2) is 66.2 Å². The van der Waals surface area contributed by atoms with Crippen molar-refractivity contribution in [1.82, 2.24) is 19.8 Å². The predicted octanol–water partition coefficient (Wildman–Crippen LogP) is 3.73. The van der Waals surface area contributed by atoms with Crippen LogP contribution in [-0.4, -0.2) is 53.6 Å². The van der Waals surface area contributed by atoms with Crippen molar-refractivity contribution in [2.24, 2.45) is 4.99 Å². The fraction of sp³-hybridized carbons (Fsp3) is 0.304. The van der Waals surface area contributed by atoms with E-state index in [-0.39, 0.29) is 24.0 Å². The lowest BCUT2D eigenvalue weighted by atomic mass is 10.1. The summed E-state index contributed by atoms with van der Waals surface area (Å²) in [5.74, 6) is -0.0111. The van der Waals surface area contributed by atoms with Crippen molar-refractivity contribution in [1.29, 1.82) is 0 Å². The number of piperazine rings is 1. The van der Waals surface area contributed by atoms with Crippen LogP contribution in [0.3, 0.4) is 0 Å². The fourth-order valence-corrected chi connectivity index (χ4v) is 3.75. The van der Waals surface area contributed by atoms with Crippen LogP contribution in [0.2, 0.25) is 0 Å². The van der Waals surface area contributed by atoms with E-state index < -0.39 is 11.6 Å². The number of halogens is 3. The Morgan fingerprint density at radius 1 is 1.03 bits per heavy atom. The highest BCUT2D eigenvalue weighted by Gasteiger charge is 2.22. The summed E-state index contributed by atoms with van der Waals surface area (Å²) in [4.78, 5) is 12.5. The van der Waals surface area contributed by atoms with Crippen LogP contribution in [0.5, 0.6) is 0 Å². The number of hydrogen-bond acceptors (Lipinski definition) is 3. The zero-order valence-electron chi connectivity index (χ0n) is 17.9. The van der Waals surface area contributed by atoms with E-state index in [9.17, 15) is 8.78 Å². The number of rotatable bonds is 5. The average Bonchev–Trinajstić information content (AvgIpc) is 3.30. The zero-order chi connectivity index (χ0) is 21.6. The number of anilines is 1. The summed E-state index contributed by atoms with van der Waals surface area (Å²) >= 11 is 0. The number of nitrogens with zero attached hydrogens (tertiary/aromatic N) is 5. The fourth-order valence-electron chi connectivity index (χ4n) is 3.75. The second-order valence-electron chi connectivity index (χ2n) is 7.52. The molecule has 0 bridgehead atoms. The van der Waals surface area contributed by atoms with Crippen LogP contribution in [0.4, 0.5) is 14.5 Å². The Morgan fingerprint density at radius 3 is 2.41 bits per heavy atom. The van der Waals surface area contributed by atoms with Crippen molar-refractivity contribution in [3.63, 3.8) is 0 Å². The number of aromatic nitrogens is 2. The molecular weight excluding hydrogens is 525 g/mol. The summed E-state index contributed by atoms with van der Waals surface area (Å²) in [5.41, 5.74) is 2.70. The van der Waals surface area contributed by atoms with E-state index in [0.29, 0.717) is 38.4 Å². The number of benzene rings is 2. The summed E-state index contributed by atoms with van der Waals surface area (Å²) in [7, 11) is 1.76. The van der Waals surface area contributed by atoms with Crippen molar-refractivity contribution in [2.45, 2.75) is 13.1 Å². The molecule has 0 unspecified atom stereocenters. The highest BCUT2D eigenvalue weighted by atomic mass is 127. The Kier molecular flexibility index (Phi) is 8.43. The van der Waals surface area contributed by atoms with E-state index in [1.807, 2.05) is 22.0 Å². The normalized spacial score (nSPS) is 14.3. The van der Waals surface area contributed by atoms with Gasteiger partial charge in [0.25, 0.3) is 0 Å². The predicted molar refractivity (Wildman–Crippen MR) is 134 cm³/mol. The van der Waals surface area contributed by atoms with Crippen LogP contribution < -0.4 is 10.2 Å². The summed E-state index contributed by atoms with van der Waals surface area (Å²) in [6.45, 7) is 4.02. The molecule has 0 radical (unpaired) electrons. The van der Waals surface area contributed by atoms with Gasteiger partial charge in [0, 0.05) is 64.8 Å². The molecule has 2 aromatic carbocycles. The Bertz CT molecular complexity index is 1020. The van der Waals surface area contributed by atoms with Crippen LogP contribution in [0.25, 0.3) is 0 Å². The van der Waals surface area contributed by atoms with Gasteiger partial charge in [0.1, 0.15) is 11.6 Å². The van der Waals surface area contributed by atoms with Gasteiger partial charge in [0.15, 0.2) is 5.96 Å². The molecule has 9 heteroatoms. The molecule has 0 atom stereocenters. The van der Waals surface area contributed by atoms with Gasteiger partial charge >= 0.3 is 0 Å². The molecule has 3 aromatic rings. The van der Waals surface area contributed by atoms with Crippen LogP contribution in [0, 0.1) is 11.6 Å². The number of guanidine groups is 1. The SMILES string of the molecule is CN=C(NCc1ccc(Cn2ccnc2)cc1)N1CCN(c2cc(F)ccc2F)CC1.I. The second kappa shape index (κ2) is 11.3. The van der Waals surface area contributed by atoms with Gasteiger partial charge in [0.2, 0.25) is 0 Å². The maximum Gasteiger partial charge on any atom is 0.194 e. The van der Waals surface area contributed by atoms with Gasteiger partial charge in [-0.05, 0) is 23.3 Å². The minimum Gasteiger partial charge on any atom is -0.366 e. The topological polar surface area (TPSA) is 48.7 Å². The van der Waals surface area contributed by atoms with Crippen LogP contribution >= 0.6 is 24.0 Å². The minimum atomic E-state index is -0.424. The van der Waals surface area contributed by atoms with Gasteiger partial charge in [-0.15, -0.1) is 24.0 Å². The first-order chi connectivity index (χ1) is 15.1. The molecule has 1 saturated heterocycles. The molecule has 0 saturated carbocycles. The van der Waals surface area contributed by atoms with Crippen molar-refractivity contribution in [3.05, 3.63) is 83.9 Å². The van der Waals surface area contributed by atoms with Gasteiger partial charge in [-0.2, -0.15) is 0 Å². The maximum atomic E-state index is 14.1. The molecule has 1 aromatic heterocycles. The first-order valence-corrected chi connectivity index (χ1v) is 10.3. The van der Waals surface area contributed by atoms with Crippen molar-refractivity contribution >= 4 is 35.6 Å². The van der Waals surface area contributed by atoms with E-state index >= 15 is 0 Å². The van der Waals surface area contributed by atoms with Gasteiger partial charge in [0.05, 0.1) is 12.0 Å². The monoisotopic (exact) mass is 552 g/mol. The van der Waals surface area contributed by atoms with Gasteiger partial charge in [-0.25, -0.2) is 13.8 Å². The molecule has 1 aliphatic rings. The quantitative estimate of drug-likeness (QED) is 0.298. The largest absolute Gasteiger partial charge is 0.366 e. The lowest BCUT2D eigenvalue weighted by Gasteiger charge is -2.37. The zero-order valence-corrected chi connectivity index (χ0v) is 20.2. The Balaban J connectivity index is 0.00000289. The molecular formula is C23H27F2IN6. The van der Waals surface area contributed by atoms with Crippen molar-refractivity contribution in [3.8, 4) is 0 Å². The number of nitrogens with one attached hydrogen (secondary N) is 1. The van der Waals surface area contributed by atoms with Gasteiger partial charge < -0.3 is 19.7 Å². The molecule has 0 amide bonds. The second-order valence-corrected chi connectivity index (χ2v) is 7.52. The molecule has 1 aliphatic heterocycles. The molecule has 1 N–H and O–H groups in total. The minimum absolute atomic E-state index is 0. The van der Waals surface area contributed by atoms with Crippen molar-refractivity contribution in [2.75, 3.05) is 38.1 Å². The molecule has 1 fully saturated rings. The number of imidazole rings is 1. The average molecular weight is 552 g/mol. The lowest BCUT2D eigenvalue weighted by Crippen LogP contribution is -2.52. The molecule has 4 rings (SSSR count). The summed E-state index contributed by atoms with van der Waals surface area (Å²) in [6.07, 6.45) is 5.53. The van der Waals surface area contributed by atoms with E-state index in [0.717, 1.165) is 24.1 Å². The van der Waals surface area contributed by atoms with E-state index in [2.05, 4.69) is 44.5 Å². The van der Waals surface area contributed by atoms with E-state index in [1.165, 1.54) is 17.7 Å². The maximum absolute atomic E-state index is 14.1. The Morgan fingerprint density at radius 2 is 1.75 bits per heavy atom. The van der Waals surface area contributed by atoms with Gasteiger partial charge in [-0.1, -0.05) is 24.3 Å². The molecule has 0 spiro atoms. The summed E-state index contributed by atoms with van der Waals surface area (Å²) in [5, 5.41) is 3.40. The van der Waals surface area contributed by atoms with E-state index in [4.69, 9.17) is 0 Å². The van der Waals surface area contributed by atoms with Crippen LogP contribution in [-0.2, 0) is 13.1 Å². The number of aliphatic imine (C=N–C) groups is 1. The van der Waals surface area contributed by atoms with Crippen molar-refractivity contribution < 1.29 is 8.78 Å². The third-order valence-electron chi connectivity index (χ3n) is 5.44. The summed E-state index contributed by atoms with van der Waals surface area (Å²) < 4.78 is 29.6. The number of hydrogen-bond donors (Lipinski definition) is 1. The molecule has 32 heavy (non-hydrogen) atoms. The molecule has 0 aliphatic carbocycles. The third-order valence-corrected chi connectivity index (χ3v) is 5.44. The van der Waals surface area contributed by atoms with Crippen LogP contribution in [0.1, 0.15) is 11.1 Å². The Hall–Kier alpha value is -2.69. The smallest absolute Gasteiger partial charge is 0.194 e. The highest BCUT2D eigenvalue weighted by Crippen LogP contribution is 2.22. The Labute approximate surface area is 204 Å². The standard InChI is InChI=1S/C23H26F2N6.HI/c1-26-23(28-15-18-2-4-19(5-3-18)16-29-9-8-27-17-29)31-12-10-30(11-13-31)22-14-20(24)6-7-21(22)25;/h2-9,14,17H,10-13,15-16H2,1H3,(H,26,28);1H. The first kappa shape index (κ1) is 24.0. The first-order valence-electron chi connectivity index (χ1n) is 10.3. The molecule has 6 nitrogen and oxygen atoms in total.